The van der Waals surface area contributed by atoms with Gasteiger partial charge in [0.05, 0.1) is 80.3 Å². The summed E-state index contributed by atoms with van der Waals surface area (Å²) in [5, 5.41) is 101. The summed E-state index contributed by atoms with van der Waals surface area (Å²) < 4.78 is 150. The highest BCUT2D eigenvalue weighted by atomic mass is 31.3. The fraction of sp³-hybridized carbons (Fsp3) is 1.00. The summed E-state index contributed by atoms with van der Waals surface area (Å²) in [6, 6.07) is -1.91. The molecule has 0 aromatic heterocycles. The lowest BCUT2D eigenvalue weighted by Gasteiger charge is -2.40. The molecule has 54 heteroatoms. The van der Waals surface area contributed by atoms with Crippen molar-refractivity contribution in [2.75, 3.05) is 40.1 Å². The van der Waals surface area contributed by atoms with E-state index in [1.54, 1.807) is 69.2 Å². The zero-order chi connectivity index (χ0) is 81.7. The van der Waals surface area contributed by atoms with Crippen LogP contribution in [-0.4, -0.2) is 285 Å². The van der Waals surface area contributed by atoms with Crippen molar-refractivity contribution in [3.63, 3.8) is 0 Å². The molecule has 0 amide bonds. The minimum absolute atomic E-state index is 0.0192. The Balaban J connectivity index is -0.000000259. The normalized spacial score (nSPS) is 28.2. The van der Waals surface area contributed by atoms with Gasteiger partial charge >= 0.3 is 62.1 Å². The first-order valence-corrected chi connectivity index (χ1v) is 42.4. The van der Waals surface area contributed by atoms with Gasteiger partial charge in [0.15, 0.2) is 18.9 Å². The molecule has 0 saturated carbocycles. The van der Waals surface area contributed by atoms with E-state index in [1.165, 1.54) is 55.4 Å². The molecule has 11 unspecified atom stereocenters. The van der Waals surface area contributed by atoms with Crippen LogP contribution in [0.5, 0.6) is 0 Å². The second-order valence-electron chi connectivity index (χ2n) is 23.2. The van der Waals surface area contributed by atoms with Crippen molar-refractivity contribution < 1.29 is 205 Å². The SMILES string of the molecule is CC(C)O.CC(C)O.CC(C)OP(=O)(O)O.CC(C)OP(=O)(O)OP(=O)(O)O.CC(C)OP(=O)(O)OP(=O)(O)OCCN.CC(C)O[C@H]1OC(CO)[C@@H](O)[C@H](O)C1O.CC(C)P(=O)(O)O[C@H]1OC(CO)[C@H](O)[C@H](O)C1N.CC(C)P(=O)(O)O[C@H]1OC[C@H](N)[C@H](O)C1O.COP(=O)(O)OC(C)C. The molecule has 3 aliphatic heterocycles. The molecule has 101 heavy (non-hydrogen) atoms. The lowest BCUT2D eigenvalue weighted by Crippen LogP contribution is -2.62. The van der Waals surface area contributed by atoms with Crippen LogP contribution < -0.4 is 17.2 Å². The number of phosphoric ester groups is 5. The molecule has 27 N–H and O–H groups in total. The molecule has 0 aromatic rings. The highest BCUT2D eigenvalue weighted by Crippen LogP contribution is 2.61. The molecule has 618 valence electrons. The summed E-state index contributed by atoms with van der Waals surface area (Å²) in [6.07, 6.45) is -17.7. The van der Waals surface area contributed by atoms with Gasteiger partial charge in [0.1, 0.15) is 54.9 Å². The fourth-order valence-corrected chi connectivity index (χ4v) is 12.4. The van der Waals surface area contributed by atoms with Gasteiger partial charge in [-0.25, -0.2) is 27.4 Å². The van der Waals surface area contributed by atoms with Crippen LogP contribution in [0, 0.1) is 0 Å². The van der Waals surface area contributed by atoms with Gasteiger partial charge in [-0.15, -0.1) is 0 Å². The minimum Gasteiger partial charge on any atom is -0.394 e. The van der Waals surface area contributed by atoms with Crippen LogP contribution in [0.1, 0.15) is 125 Å². The Hall–Kier alpha value is 0.320. The van der Waals surface area contributed by atoms with Crippen LogP contribution in [0.25, 0.3) is 0 Å². The van der Waals surface area contributed by atoms with Crippen molar-refractivity contribution in [1.29, 1.82) is 0 Å². The highest BCUT2D eigenvalue weighted by molar-refractivity contribution is 7.61. The molecule has 3 heterocycles. The number of hydrogen-bond donors (Lipinski definition) is 24. The van der Waals surface area contributed by atoms with Crippen molar-refractivity contribution in [3.05, 3.63) is 0 Å². The molecule has 0 radical (unpaired) electrons. The van der Waals surface area contributed by atoms with E-state index in [-0.39, 0.29) is 44.2 Å². The van der Waals surface area contributed by atoms with E-state index in [0.717, 1.165) is 7.11 Å². The summed E-state index contributed by atoms with van der Waals surface area (Å²) in [6.45, 7) is 27.3. The van der Waals surface area contributed by atoms with Crippen molar-refractivity contribution in [1.82, 2.24) is 0 Å². The number of rotatable bonds is 26. The number of hydrogen-bond acceptors (Lipinski definition) is 36. The van der Waals surface area contributed by atoms with Gasteiger partial charge in [0, 0.05) is 25.9 Å². The van der Waals surface area contributed by atoms with E-state index in [4.69, 9.17) is 105 Å². The Morgan fingerprint density at radius 2 is 0.762 bits per heavy atom. The third-order valence-electron chi connectivity index (χ3n) is 9.92. The molecular weight excluding hydrogens is 1540 g/mol. The van der Waals surface area contributed by atoms with Crippen LogP contribution in [0.4, 0.5) is 0 Å². The van der Waals surface area contributed by atoms with Gasteiger partial charge in [-0.3, -0.25) is 45.3 Å². The van der Waals surface area contributed by atoms with Crippen LogP contribution >= 0.6 is 62.1 Å². The average molecular weight is 1660 g/mol. The Labute approximate surface area is 587 Å². The van der Waals surface area contributed by atoms with Crippen molar-refractivity contribution in [2.24, 2.45) is 17.2 Å². The quantitative estimate of drug-likeness (QED) is 0.0473. The Morgan fingerprint density at radius 3 is 1.06 bits per heavy atom. The summed E-state index contributed by atoms with van der Waals surface area (Å²) >= 11 is 0. The molecule has 46 nitrogen and oxygen atoms in total. The first kappa shape index (κ1) is 112. The predicted octanol–water partition coefficient (Wildman–Crippen LogP) is -0.762. The highest BCUT2D eigenvalue weighted by Gasteiger charge is 2.47. The van der Waals surface area contributed by atoms with E-state index in [1.807, 2.05) is 0 Å². The van der Waals surface area contributed by atoms with Gasteiger partial charge in [0.25, 0.3) is 0 Å². The second kappa shape index (κ2) is 53.3. The van der Waals surface area contributed by atoms with E-state index in [2.05, 4.69) is 35.8 Å². The second-order valence-corrected chi connectivity index (χ2v) is 36.4. The van der Waals surface area contributed by atoms with Crippen LogP contribution in [-0.2, 0) is 100 Å². The molecule has 3 saturated heterocycles. The molecule has 0 aromatic carbocycles. The van der Waals surface area contributed by atoms with Crippen molar-refractivity contribution in [3.8, 4) is 0 Å². The first-order valence-electron chi connectivity index (χ1n) is 30.0. The number of aliphatic hydroxyl groups is 11. The maximum Gasteiger partial charge on any atom is 0.481 e. The smallest absolute Gasteiger partial charge is 0.394 e. The van der Waals surface area contributed by atoms with Gasteiger partial charge in [-0.1, -0.05) is 27.7 Å². The largest absolute Gasteiger partial charge is 0.481 e. The topological polar surface area (TPSA) is 769 Å². The molecule has 20 atom stereocenters. The predicted molar refractivity (Wildman–Crippen MR) is 355 cm³/mol. The third-order valence-corrected chi connectivity index (χ3v) is 20.6. The lowest BCUT2D eigenvalue weighted by atomic mass is 9.98. The summed E-state index contributed by atoms with van der Waals surface area (Å²) in [7, 11) is -33.4. The first-order chi connectivity index (χ1) is 45.1. The maximum absolute atomic E-state index is 11.7. The van der Waals surface area contributed by atoms with E-state index in [9.17, 15) is 82.1 Å². The standard InChI is InChI=1S/C9H20NO7P.C9H18O6.C8H18NO6P.C5H15NO7P2.C4H11O4P.C3H10O7P2.C3H9O4P.2C3H8O/c1-4(2)18(14,15)17-9-6(10)8(13)7(12)5(3-11)16-9;1-4(2)14-9-8(13)7(12)6(11)5(3-10)15-9;1-4(2)16(12,13)15-8-7(11)6(10)5(9)3-14-8;1-5(2)12-15(9,10)13-14(7,8)11-4-3-6;1-4(2)8-9(5,6)7-3;1-3(2)9-12(7,8)10-11(4,5)6;1-3(2)7-8(4,5)6;2*1-3(2)4/h4-9,11-13H,3,10H2,1-2H3,(H,14,15);4-13H,3H2,1-2H3;4-8,10-11H,3,9H2,1-2H3,(H,12,13);5H,3-4,6H2,1-2H3,(H,7,8)(H,9,10);4H,1-3H3,(H,5,6);3H,1-2H3,(H,7,8)(H2,4,5,6);3H,1-2H3,(H2,4,5,6);2*3-4H,1-2H3/t5?,6?,7-,8+,9+;5?,6-,7+,8?,9+;5-,6-,7?,8+;;;;;;/m010....../s1. The molecule has 0 spiro atoms. The molecule has 3 fully saturated rings. The number of nitrogens with two attached hydrogens (primary N) is 3. The van der Waals surface area contributed by atoms with Crippen molar-refractivity contribution >= 4 is 62.1 Å². The Morgan fingerprint density at radius 1 is 0.426 bits per heavy atom. The Bertz CT molecular complexity index is 2540. The summed E-state index contributed by atoms with van der Waals surface area (Å²) in [5.41, 5.74) is 14.7. The molecule has 0 aliphatic carbocycles. The summed E-state index contributed by atoms with van der Waals surface area (Å²) in [5.74, 6) is 0. The summed E-state index contributed by atoms with van der Waals surface area (Å²) in [4.78, 5) is 86.6. The van der Waals surface area contributed by atoms with Gasteiger partial charge in [-0.05, 0) is 96.9 Å². The zero-order valence-corrected chi connectivity index (χ0v) is 66.7. The fourth-order valence-electron chi connectivity index (χ4n) is 5.71. The van der Waals surface area contributed by atoms with Gasteiger partial charge < -0.3 is 141 Å². The van der Waals surface area contributed by atoms with E-state index < -0.39 is 191 Å². The lowest BCUT2D eigenvalue weighted by molar-refractivity contribution is -0.308. The molecule has 3 aliphatic rings. The third kappa shape index (κ3) is 59.8. The van der Waals surface area contributed by atoms with Gasteiger partial charge in [0.2, 0.25) is 0 Å². The number of aliphatic hydroxyl groups excluding tert-OH is 11. The maximum atomic E-state index is 11.7. The zero-order valence-electron chi connectivity index (χ0n) is 59.5. The average Bonchev–Trinajstić information content (AvgIpc) is 0.822. The number of phosphoric acid groups is 6. The Kier molecular flexibility index (Phi) is 59.2. The van der Waals surface area contributed by atoms with Crippen LogP contribution in [0.2, 0.25) is 0 Å². The van der Waals surface area contributed by atoms with Gasteiger partial charge in [-0.2, -0.15) is 8.62 Å². The van der Waals surface area contributed by atoms with Crippen molar-refractivity contribution in [2.45, 2.75) is 265 Å². The molecular formula is C47H117N3O43P8. The van der Waals surface area contributed by atoms with E-state index >= 15 is 0 Å². The monoisotopic (exact) mass is 1660 g/mol. The van der Waals surface area contributed by atoms with Crippen LogP contribution in [0.3, 0.4) is 0 Å². The minimum atomic E-state index is -4.98. The molecule has 3 rings (SSSR count). The number of ether oxygens (including phenoxy) is 4. The van der Waals surface area contributed by atoms with E-state index in [0.29, 0.717) is 0 Å². The molecule has 0 bridgehead atoms. The van der Waals surface area contributed by atoms with Crippen LogP contribution in [0.15, 0.2) is 0 Å².